The van der Waals surface area contributed by atoms with Crippen molar-refractivity contribution in [1.82, 2.24) is 24.7 Å². The lowest BCUT2D eigenvalue weighted by Gasteiger charge is -2.35. The topological polar surface area (TPSA) is 94.8 Å². The molecule has 3 aromatic heterocycles. The normalized spacial score (nSPS) is 21.1. The molecule has 3 aromatic rings. The lowest BCUT2D eigenvalue weighted by atomic mass is 9.77. The summed E-state index contributed by atoms with van der Waals surface area (Å²) in [5.41, 5.74) is -3.18. The highest BCUT2D eigenvalue weighted by Crippen LogP contribution is 2.53. The van der Waals surface area contributed by atoms with Crippen molar-refractivity contribution >= 4 is 22.8 Å². The number of hydrogen-bond acceptors (Lipinski definition) is 6. The number of pyridine rings is 1. The van der Waals surface area contributed by atoms with Crippen molar-refractivity contribution in [3.63, 3.8) is 0 Å². The number of aromatic nitrogens is 5. The Balaban J connectivity index is 1.62. The van der Waals surface area contributed by atoms with Gasteiger partial charge in [0.2, 0.25) is 11.8 Å². The minimum atomic E-state index is -5.80. The molecular weight excluding hydrogens is 496 g/mol. The van der Waals surface area contributed by atoms with Crippen molar-refractivity contribution in [1.29, 1.82) is 0 Å². The maximum absolute atomic E-state index is 14.5. The van der Waals surface area contributed by atoms with E-state index in [9.17, 15) is 39.9 Å². The number of rotatable bonds is 4. The molecule has 1 N–H and O–H groups in total. The summed E-state index contributed by atoms with van der Waals surface area (Å²) in [7, 11) is 0. The number of amides is 1. The number of anilines is 1. The van der Waals surface area contributed by atoms with Crippen molar-refractivity contribution in [3.8, 4) is 17.4 Å². The number of alkyl halides is 7. The Kier molecular flexibility index (Phi) is 4.62. The second-order valence-electron chi connectivity index (χ2n) is 8.20. The Morgan fingerprint density at radius 1 is 1.20 bits per heavy atom. The number of nitrogens with zero attached hydrogens (tertiary/aromatic N) is 5. The number of carbonyl (C=O) groups excluding carboxylic acids is 1. The summed E-state index contributed by atoms with van der Waals surface area (Å²) in [5, 5.41) is 6.00. The zero-order valence-electron chi connectivity index (χ0n) is 17.4. The molecule has 186 valence electrons. The second kappa shape index (κ2) is 6.97. The van der Waals surface area contributed by atoms with Crippen LogP contribution in [0.2, 0.25) is 0 Å². The molecule has 0 aromatic carbocycles. The largest absolute Gasteiger partial charge is 0.471 e. The summed E-state index contributed by atoms with van der Waals surface area (Å²) >= 11 is 0. The van der Waals surface area contributed by atoms with Crippen LogP contribution in [-0.4, -0.2) is 55.3 Å². The Hall–Kier alpha value is -3.59. The molecule has 0 aliphatic carbocycles. The van der Waals surface area contributed by atoms with Gasteiger partial charge >= 0.3 is 12.1 Å². The van der Waals surface area contributed by atoms with Gasteiger partial charge in [0.15, 0.2) is 18.1 Å². The van der Waals surface area contributed by atoms with E-state index >= 15 is 0 Å². The van der Waals surface area contributed by atoms with E-state index in [1.54, 1.807) is 0 Å². The molecule has 1 atom stereocenters. The summed E-state index contributed by atoms with van der Waals surface area (Å²) in [5.74, 6) is -11.7. The highest BCUT2D eigenvalue weighted by Gasteiger charge is 2.65. The lowest BCUT2D eigenvalue weighted by Crippen LogP contribution is -2.54. The molecule has 1 amide bonds. The quantitative estimate of drug-likeness (QED) is 0.539. The van der Waals surface area contributed by atoms with Gasteiger partial charge in [0.1, 0.15) is 22.7 Å². The zero-order valence-corrected chi connectivity index (χ0v) is 17.4. The average Bonchev–Trinajstić information content (AvgIpc) is 3.24. The standard InChI is InChI=1S/C19H12F8N6O2/c1-16-9-11(31-15(16)34)29-12(30-14(9)35-6-18(16,23)24)10-8-4-7(20)5-28-13(8)33(32-10)3-2-17(21,22)19(25,26)27/h4-5H,2-3,6H2,1H3,(H,29,30,31,34)/t16-/m0/s1. The number of carbonyl (C=O) groups is 1. The highest BCUT2D eigenvalue weighted by molar-refractivity contribution is 6.07. The summed E-state index contributed by atoms with van der Waals surface area (Å²) in [6, 6.07) is 0.878. The third kappa shape index (κ3) is 3.21. The van der Waals surface area contributed by atoms with Gasteiger partial charge < -0.3 is 10.1 Å². The zero-order chi connectivity index (χ0) is 25.6. The molecule has 2 aliphatic rings. The predicted molar refractivity (Wildman–Crippen MR) is 101 cm³/mol. The number of ether oxygens (including phenoxy) is 1. The van der Waals surface area contributed by atoms with Gasteiger partial charge in [-0.3, -0.25) is 4.79 Å². The SMILES string of the molecule is C[C@@]12C(=O)Nc3nc(-c4nn(CCC(F)(F)C(F)(F)F)c5ncc(F)cc45)nc(c31)OCC2(F)F. The molecule has 0 saturated heterocycles. The molecule has 0 fully saturated rings. The average molecular weight is 508 g/mol. The van der Waals surface area contributed by atoms with Crippen molar-refractivity contribution in [2.45, 2.75) is 43.3 Å². The van der Waals surface area contributed by atoms with Crippen LogP contribution >= 0.6 is 0 Å². The van der Waals surface area contributed by atoms with Crippen LogP contribution < -0.4 is 10.1 Å². The van der Waals surface area contributed by atoms with Gasteiger partial charge in [-0.15, -0.1) is 0 Å². The lowest BCUT2D eigenvalue weighted by molar-refractivity contribution is -0.285. The van der Waals surface area contributed by atoms with Crippen LogP contribution in [0, 0.1) is 5.82 Å². The molecule has 5 rings (SSSR count). The van der Waals surface area contributed by atoms with Crippen LogP contribution in [-0.2, 0) is 16.8 Å². The monoisotopic (exact) mass is 508 g/mol. The van der Waals surface area contributed by atoms with Gasteiger partial charge in [0, 0.05) is 13.0 Å². The van der Waals surface area contributed by atoms with E-state index in [0.29, 0.717) is 10.9 Å². The summed E-state index contributed by atoms with van der Waals surface area (Å²) in [6.45, 7) is -1.15. The summed E-state index contributed by atoms with van der Waals surface area (Å²) in [4.78, 5) is 24.1. The van der Waals surface area contributed by atoms with Crippen LogP contribution in [0.4, 0.5) is 40.9 Å². The van der Waals surface area contributed by atoms with E-state index in [-0.39, 0.29) is 39.8 Å². The molecule has 8 nitrogen and oxygen atoms in total. The van der Waals surface area contributed by atoms with Gasteiger partial charge in [-0.2, -0.15) is 32.0 Å². The van der Waals surface area contributed by atoms with Crippen LogP contribution in [0.1, 0.15) is 18.9 Å². The first-order chi connectivity index (χ1) is 16.2. The van der Waals surface area contributed by atoms with Gasteiger partial charge in [-0.05, 0) is 13.0 Å². The molecule has 35 heavy (non-hydrogen) atoms. The van der Waals surface area contributed by atoms with Crippen molar-refractivity contribution < 1.29 is 44.7 Å². The molecule has 5 heterocycles. The van der Waals surface area contributed by atoms with Gasteiger partial charge in [-0.1, -0.05) is 0 Å². The first kappa shape index (κ1) is 23.2. The molecule has 0 unspecified atom stereocenters. The Bertz CT molecular complexity index is 1390. The van der Waals surface area contributed by atoms with Crippen LogP contribution in [0.25, 0.3) is 22.6 Å². The first-order valence-corrected chi connectivity index (χ1v) is 9.87. The van der Waals surface area contributed by atoms with E-state index in [1.165, 1.54) is 0 Å². The summed E-state index contributed by atoms with van der Waals surface area (Å²) < 4.78 is 113. The van der Waals surface area contributed by atoms with Crippen LogP contribution in [0.15, 0.2) is 12.3 Å². The van der Waals surface area contributed by atoms with Crippen LogP contribution in [0.5, 0.6) is 5.88 Å². The first-order valence-electron chi connectivity index (χ1n) is 9.87. The number of hydrogen-bond donors (Lipinski definition) is 1. The van der Waals surface area contributed by atoms with Crippen molar-refractivity contribution in [3.05, 3.63) is 23.6 Å². The molecule has 0 saturated carbocycles. The molecule has 0 bridgehead atoms. The third-order valence-electron chi connectivity index (χ3n) is 6.00. The van der Waals surface area contributed by atoms with E-state index in [1.807, 2.05) is 0 Å². The second-order valence-corrected chi connectivity index (χ2v) is 8.20. The summed E-state index contributed by atoms with van der Waals surface area (Å²) in [6.07, 6.45) is -6.78. The van der Waals surface area contributed by atoms with E-state index in [0.717, 1.165) is 13.0 Å². The molecule has 2 aliphatic heterocycles. The fourth-order valence-electron chi connectivity index (χ4n) is 3.93. The molecule has 0 spiro atoms. The van der Waals surface area contributed by atoms with E-state index < -0.39 is 54.7 Å². The number of fused-ring (bicyclic) bond motifs is 1. The number of halogens is 8. The molecule has 0 radical (unpaired) electrons. The fourth-order valence-corrected chi connectivity index (χ4v) is 3.93. The van der Waals surface area contributed by atoms with Gasteiger partial charge in [0.25, 0.3) is 5.92 Å². The minimum absolute atomic E-state index is 0.152. The van der Waals surface area contributed by atoms with Crippen molar-refractivity contribution in [2.24, 2.45) is 0 Å². The maximum Gasteiger partial charge on any atom is 0.453 e. The molecule has 16 heteroatoms. The van der Waals surface area contributed by atoms with E-state index in [2.05, 4.69) is 25.4 Å². The smallest absolute Gasteiger partial charge is 0.453 e. The maximum atomic E-state index is 14.5. The Morgan fingerprint density at radius 3 is 2.60 bits per heavy atom. The predicted octanol–water partition coefficient (Wildman–Crippen LogP) is 3.85. The third-order valence-corrected chi connectivity index (χ3v) is 6.00. The number of nitrogens with one attached hydrogen (secondary N) is 1. The van der Waals surface area contributed by atoms with Gasteiger partial charge in [-0.25, -0.2) is 27.8 Å². The van der Waals surface area contributed by atoms with E-state index in [4.69, 9.17) is 4.74 Å². The van der Waals surface area contributed by atoms with Gasteiger partial charge in [0.05, 0.1) is 17.1 Å². The minimum Gasteiger partial charge on any atom is -0.471 e. The van der Waals surface area contributed by atoms with Crippen LogP contribution in [0.3, 0.4) is 0 Å². The Morgan fingerprint density at radius 2 is 1.91 bits per heavy atom. The number of aryl methyl sites for hydroxylation is 1. The van der Waals surface area contributed by atoms with Crippen molar-refractivity contribution in [2.75, 3.05) is 11.9 Å². The Labute approximate surface area is 189 Å². The highest BCUT2D eigenvalue weighted by atomic mass is 19.4. The fraction of sp³-hybridized carbons (Fsp3) is 0.421. The molecular formula is C19H12F8N6O2.